The van der Waals surface area contributed by atoms with Gasteiger partial charge in [0.05, 0.1) is 0 Å². The molecule has 0 fully saturated rings. The summed E-state index contributed by atoms with van der Waals surface area (Å²) in [6.07, 6.45) is 7.08. The third kappa shape index (κ3) is 4.07. The molecule has 0 radical (unpaired) electrons. The first-order chi connectivity index (χ1) is 8.31. The van der Waals surface area contributed by atoms with Gasteiger partial charge in [0, 0.05) is 5.70 Å². The molecule has 1 atom stereocenters. The molecule has 2 N–H and O–H groups in total. The molecule has 1 rings (SSSR count). The molecule has 0 bridgehead atoms. The van der Waals surface area contributed by atoms with Crippen molar-refractivity contribution >= 4 is 0 Å². The van der Waals surface area contributed by atoms with E-state index in [0.717, 1.165) is 11.3 Å². The van der Waals surface area contributed by atoms with Crippen LogP contribution in [0.3, 0.4) is 0 Å². The highest BCUT2D eigenvalue weighted by atomic mass is 15.1. The lowest BCUT2D eigenvalue weighted by atomic mass is 10.1. The van der Waals surface area contributed by atoms with Crippen molar-refractivity contribution in [2.24, 2.45) is 5.11 Å². The van der Waals surface area contributed by atoms with Gasteiger partial charge in [0.15, 0.2) is 6.17 Å². The van der Waals surface area contributed by atoms with E-state index in [1.54, 1.807) is 6.08 Å². The van der Waals surface area contributed by atoms with Gasteiger partial charge < -0.3 is 5.32 Å². The summed E-state index contributed by atoms with van der Waals surface area (Å²) in [5.74, 6) is 0. The number of nitrogens with zero attached hydrogens (tertiary/aromatic N) is 1. The highest BCUT2D eigenvalue weighted by molar-refractivity contribution is 5.25. The number of allylic oxidation sites excluding steroid dienone is 4. The van der Waals surface area contributed by atoms with E-state index in [1.165, 1.54) is 0 Å². The van der Waals surface area contributed by atoms with E-state index >= 15 is 0 Å². The Bertz CT molecular complexity index is 418. The Morgan fingerprint density at radius 1 is 1.41 bits per heavy atom. The van der Waals surface area contributed by atoms with E-state index in [2.05, 4.69) is 17.0 Å². The van der Waals surface area contributed by atoms with Crippen molar-refractivity contribution in [1.82, 2.24) is 5.32 Å². The fourth-order valence-corrected chi connectivity index (χ4v) is 1.36. The Hall–Kier alpha value is -2.16. The van der Waals surface area contributed by atoms with Crippen LogP contribution in [0.5, 0.6) is 0 Å². The van der Waals surface area contributed by atoms with Crippen molar-refractivity contribution in [3.63, 3.8) is 0 Å². The summed E-state index contributed by atoms with van der Waals surface area (Å²) in [6.45, 7) is 5.67. The molecule has 3 heteroatoms. The van der Waals surface area contributed by atoms with Gasteiger partial charge in [0.2, 0.25) is 0 Å². The molecule has 88 valence electrons. The Morgan fingerprint density at radius 3 is 2.65 bits per heavy atom. The van der Waals surface area contributed by atoms with Crippen molar-refractivity contribution in [3.8, 4) is 0 Å². The molecule has 0 spiro atoms. The van der Waals surface area contributed by atoms with Gasteiger partial charge in [0.25, 0.3) is 0 Å². The molecule has 3 nitrogen and oxygen atoms in total. The van der Waals surface area contributed by atoms with Crippen LogP contribution in [0.25, 0.3) is 0 Å². The molecule has 0 saturated carbocycles. The molecule has 0 aliphatic heterocycles. The summed E-state index contributed by atoms with van der Waals surface area (Å²) in [7, 11) is 0. The third-order valence-corrected chi connectivity index (χ3v) is 2.24. The smallest absolute Gasteiger partial charge is 0.165 e. The molecule has 0 amide bonds. The maximum atomic E-state index is 7.23. The predicted molar refractivity (Wildman–Crippen MR) is 70.6 cm³/mol. The molecule has 0 aliphatic carbocycles. The van der Waals surface area contributed by atoms with Crippen LogP contribution in [0.1, 0.15) is 18.7 Å². The first-order valence-corrected chi connectivity index (χ1v) is 5.45. The first-order valence-electron chi connectivity index (χ1n) is 5.45. The Morgan fingerprint density at radius 2 is 2.12 bits per heavy atom. The van der Waals surface area contributed by atoms with Gasteiger partial charge in [0.1, 0.15) is 0 Å². The van der Waals surface area contributed by atoms with Crippen LogP contribution in [0, 0.1) is 5.53 Å². The van der Waals surface area contributed by atoms with Crippen LogP contribution < -0.4 is 5.32 Å². The molecule has 1 unspecified atom stereocenters. The molecule has 0 saturated heterocycles. The number of hydrogen-bond donors (Lipinski definition) is 2. The molecule has 0 heterocycles. The minimum atomic E-state index is -0.370. The average molecular weight is 227 g/mol. The summed E-state index contributed by atoms with van der Waals surface area (Å²) < 4.78 is 0. The monoisotopic (exact) mass is 227 g/mol. The second kappa shape index (κ2) is 7.17. The highest BCUT2D eigenvalue weighted by Gasteiger charge is 2.08. The van der Waals surface area contributed by atoms with Gasteiger partial charge in [-0.15, -0.1) is 0 Å². The highest BCUT2D eigenvalue weighted by Crippen LogP contribution is 2.15. The summed E-state index contributed by atoms with van der Waals surface area (Å²) in [5.41, 5.74) is 9.02. The normalized spacial score (nSPS) is 13.4. The van der Waals surface area contributed by atoms with E-state index in [0.29, 0.717) is 0 Å². The summed E-state index contributed by atoms with van der Waals surface area (Å²) in [4.78, 5) is 0. The molecule has 17 heavy (non-hydrogen) atoms. The van der Waals surface area contributed by atoms with Crippen molar-refractivity contribution in [2.75, 3.05) is 0 Å². The van der Waals surface area contributed by atoms with Gasteiger partial charge >= 0.3 is 0 Å². The van der Waals surface area contributed by atoms with Crippen molar-refractivity contribution < 1.29 is 0 Å². The Balaban J connectivity index is 2.83. The fourth-order valence-electron chi connectivity index (χ4n) is 1.36. The van der Waals surface area contributed by atoms with E-state index in [9.17, 15) is 0 Å². The summed E-state index contributed by atoms with van der Waals surface area (Å²) in [6, 6.07) is 9.67. The van der Waals surface area contributed by atoms with E-state index in [4.69, 9.17) is 5.53 Å². The van der Waals surface area contributed by atoms with Crippen LogP contribution in [0.2, 0.25) is 0 Å². The number of hydrogen-bond acceptors (Lipinski definition) is 3. The second-order valence-electron chi connectivity index (χ2n) is 3.44. The zero-order chi connectivity index (χ0) is 12.5. The zero-order valence-corrected chi connectivity index (χ0v) is 9.93. The molecule has 1 aromatic carbocycles. The van der Waals surface area contributed by atoms with Crippen LogP contribution in [-0.4, -0.2) is 0 Å². The van der Waals surface area contributed by atoms with Crippen LogP contribution in [0.15, 0.2) is 72.0 Å². The van der Waals surface area contributed by atoms with Crippen LogP contribution >= 0.6 is 0 Å². The second-order valence-corrected chi connectivity index (χ2v) is 3.44. The Kier molecular flexibility index (Phi) is 5.44. The fraction of sp³-hybridized carbons (Fsp3) is 0.143. The zero-order valence-electron chi connectivity index (χ0n) is 9.93. The molecular weight excluding hydrogens is 210 g/mol. The van der Waals surface area contributed by atoms with Gasteiger partial charge in [-0.25, -0.2) is 5.53 Å². The number of nitrogens with one attached hydrogen (secondary N) is 2. The third-order valence-electron chi connectivity index (χ3n) is 2.24. The predicted octanol–water partition coefficient (Wildman–Crippen LogP) is 3.95. The average Bonchev–Trinajstić information content (AvgIpc) is 2.40. The Labute approximate surface area is 102 Å². The quantitative estimate of drug-likeness (QED) is 0.561. The topological polar surface area (TPSA) is 48.2 Å². The summed E-state index contributed by atoms with van der Waals surface area (Å²) in [5, 5.41) is 6.72. The summed E-state index contributed by atoms with van der Waals surface area (Å²) >= 11 is 0. The van der Waals surface area contributed by atoms with Crippen molar-refractivity contribution in [3.05, 3.63) is 72.5 Å². The van der Waals surface area contributed by atoms with Gasteiger partial charge in [-0.3, -0.25) is 0 Å². The molecule has 1 aromatic rings. The molecular formula is C14H17N3. The lowest BCUT2D eigenvalue weighted by molar-refractivity contribution is 0.591. The standard InChI is InChI=1S/C14H17N3/c1-3-5-11-13(4-2)16-14(17-15)12-9-7-6-8-10-12/h3-11,14-16H,2H2,1H3/b5-3-,13-11+,17-15?. The molecule has 0 aliphatic rings. The van der Waals surface area contributed by atoms with Crippen LogP contribution in [-0.2, 0) is 0 Å². The van der Waals surface area contributed by atoms with Crippen molar-refractivity contribution in [2.45, 2.75) is 13.1 Å². The van der Waals surface area contributed by atoms with Gasteiger partial charge in [-0.05, 0) is 24.6 Å². The van der Waals surface area contributed by atoms with Gasteiger partial charge in [-0.1, -0.05) is 49.1 Å². The van der Waals surface area contributed by atoms with Crippen LogP contribution in [0.4, 0.5) is 0 Å². The van der Waals surface area contributed by atoms with Crippen molar-refractivity contribution in [1.29, 1.82) is 5.53 Å². The first kappa shape index (κ1) is 12.9. The SMILES string of the molecule is C=C/C(=C\C=C/C)NC(N=N)c1ccccc1. The molecule has 0 aromatic heterocycles. The number of rotatable bonds is 6. The van der Waals surface area contributed by atoms with E-state index in [-0.39, 0.29) is 6.17 Å². The minimum absolute atomic E-state index is 0.370. The van der Waals surface area contributed by atoms with Gasteiger partial charge in [-0.2, -0.15) is 5.11 Å². The lowest BCUT2D eigenvalue weighted by Gasteiger charge is -2.14. The lowest BCUT2D eigenvalue weighted by Crippen LogP contribution is -2.17. The maximum Gasteiger partial charge on any atom is 0.165 e. The number of benzene rings is 1. The largest absolute Gasteiger partial charge is 0.359 e. The van der Waals surface area contributed by atoms with E-state index in [1.807, 2.05) is 55.5 Å². The maximum absolute atomic E-state index is 7.23. The minimum Gasteiger partial charge on any atom is -0.359 e. The van der Waals surface area contributed by atoms with E-state index < -0.39 is 0 Å².